The van der Waals surface area contributed by atoms with Gasteiger partial charge in [0.25, 0.3) is 5.91 Å². The summed E-state index contributed by atoms with van der Waals surface area (Å²) in [5.41, 5.74) is 2.87. The van der Waals surface area contributed by atoms with Crippen molar-refractivity contribution in [3.8, 4) is 11.8 Å². The summed E-state index contributed by atoms with van der Waals surface area (Å²) >= 11 is 0. The van der Waals surface area contributed by atoms with Crippen LogP contribution in [-0.4, -0.2) is 37.0 Å². The van der Waals surface area contributed by atoms with Gasteiger partial charge >= 0.3 is 0 Å². The highest BCUT2D eigenvalue weighted by Crippen LogP contribution is 2.19. The first kappa shape index (κ1) is 22.1. The Morgan fingerprint density at radius 1 is 0.939 bits per heavy atom. The first-order chi connectivity index (χ1) is 16.1. The van der Waals surface area contributed by atoms with Crippen LogP contribution in [-0.2, 0) is 11.4 Å². The van der Waals surface area contributed by atoms with Crippen LogP contribution in [0.5, 0.6) is 5.75 Å². The summed E-state index contributed by atoms with van der Waals surface area (Å²) in [6.07, 6.45) is 1.61. The van der Waals surface area contributed by atoms with E-state index in [1.165, 1.54) is 12.1 Å². The molecule has 0 aliphatic carbocycles. The minimum absolute atomic E-state index is 0.114. The zero-order valence-electron chi connectivity index (χ0n) is 18.2. The van der Waals surface area contributed by atoms with Crippen LogP contribution < -0.4 is 9.64 Å². The number of anilines is 1. The van der Waals surface area contributed by atoms with Gasteiger partial charge in [-0.25, -0.2) is 4.39 Å². The fourth-order valence-corrected chi connectivity index (χ4v) is 3.69. The highest BCUT2D eigenvalue weighted by Gasteiger charge is 2.23. The predicted octanol–water partition coefficient (Wildman–Crippen LogP) is 4.66. The lowest BCUT2D eigenvalue weighted by molar-refractivity contribution is -0.126. The van der Waals surface area contributed by atoms with Gasteiger partial charge in [-0.3, -0.25) is 4.79 Å². The molecule has 3 aromatic rings. The lowest BCUT2D eigenvalue weighted by Gasteiger charge is -2.36. The Hall–Kier alpha value is -4.11. The van der Waals surface area contributed by atoms with E-state index in [9.17, 15) is 14.4 Å². The molecule has 0 radical (unpaired) electrons. The fourth-order valence-electron chi connectivity index (χ4n) is 3.69. The van der Waals surface area contributed by atoms with E-state index in [1.807, 2.05) is 18.2 Å². The third-order valence-electron chi connectivity index (χ3n) is 5.55. The molecule has 3 aromatic carbocycles. The molecule has 166 valence electrons. The molecule has 1 fully saturated rings. The number of amides is 1. The van der Waals surface area contributed by atoms with Gasteiger partial charge in [0.1, 0.15) is 29.8 Å². The van der Waals surface area contributed by atoms with E-state index in [0.29, 0.717) is 25.4 Å². The lowest BCUT2D eigenvalue weighted by atomic mass is 10.1. The van der Waals surface area contributed by atoms with Gasteiger partial charge < -0.3 is 14.5 Å². The van der Waals surface area contributed by atoms with Crippen LogP contribution in [0.25, 0.3) is 6.08 Å². The molecule has 4 rings (SSSR count). The van der Waals surface area contributed by atoms with Crippen molar-refractivity contribution in [3.63, 3.8) is 0 Å². The average molecular weight is 442 g/mol. The number of hydrogen-bond acceptors (Lipinski definition) is 4. The van der Waals surface area contributed by atoms with E-state index in [2.05, 4.69) is 23.1 Å². The molecule has 0 N–H and O–H groups in total. The Morgan fingerprint density at radius 2 is 1.61 bits per heavy atom. The van der Waals surface area contributed by atoms with Gasteiger partial charge in [-0.2, -0.15) is 5.26 Å². The molecule has 1 heterocycles. The molecule has 0 unspecified atom stereocenters. The second-order valence-corrected chi connectivity index (χ2v) is 7.77. The van der Waals surface area contributed by atoms with Crippen molar-refractivity contribution in [2.24, 2.45) is 0 Å². The number of rotatable bonds is 6. The molecule has 6 heteroatoms. The standard InChI is InChI=1S/C27H24FN3O2/c28-24-10-6-22(7-11-24)20-33-26-12-8-21(9-13-26)18-23(19-29)27(32)31-16-14-30(15-17-31)25-4-2-1-3-5-25/h1-13,18H,14-17,20H2/b23-18-. The Balaban J connectivity index is 1.34. The minimum Gasteiger partial charge on any atom is -0.489 e. The van der Waals surface area contributed by atoms with Gasteiger partial charge in [-0.15, -0.1) is 0 Å². The number of ether oxygens (including phenoxy) is 1. The molecule has 1 aliphatic heterocycles. The van der Waals surface area contributed by atoms with E-state index < -0.39 is 0 Å². The van der Waals surface area contributed by atoms with E-state index in [4.69, 9.17) is 4.74 Å². The van der Waals surface area contributed by atoms with E-state index in [-0.39, 0.29) is 17.3 Å². The number of benzene rings is 3. The topological polar surface area (TPSA) is 56.6 Å². The molecule has 33 heavy (non-hydrogen) atoms. The molecule has 0 saturated carbocycles. The number of hydrogen-bond donors (Lipinski definition) is 0. The van der Waals surface area contributed by atoms with Crippen LogP contribution in [0, 0.1) is 17.1 Å². The molecule has 5 nitrogen and oxygen atoms in total. The number of carbonyl (C=O) groups excluding carboxylic acids is 1. The molecule has 1 saturated heterocycles. The number of halogens is 1. The van der Waals surface area contributed by atoms with E-state index >= 15 is 0 Å². The summed E-state index contributed by atoms with van der Waals surface area (Å²) in [5.74, 6) is 0.121. The number of carbonyl (C=O) groups is 1. The predicted molar refractivity (Wildman–Crippen MR) is 126 cm³/mol. The Kier molecular flexibility index (Phi) is 7.01. The second kappa shape index (κ2) is 10.5. The fraction of sp³-hybridized carbons (Fsp3) is 0.185. The Morgan fingerprint density at radius 3 is 2.24 bits per heavy atom. The maximum Gasteiger partial charge on any atom is 0.264 e. The largest absolute Gasteiger partial charge is 0.489 e. The van der Waals surface area contributed by atoms with Crippen LogP contribution in [0.4, 0.5) is 10.1 Å². The van der Waals surface area contributed by atoms with Crippen LogP contribution in [0.1, 0.15) is 11.1 Å². The van der Waals surface area contributed by atoms with Gasteiger partial charge in [0.05, 0.1) is 0 Å². The molecule has 0 atom stereocenters. The van der Waals surface area contributed by atoms with Crippen LogP contribution in [0.3, 0.4) is 0 Å². The molecule has 1 amide bonds. The zero-order valence-corrected chi connectivity index (χ0v) is 18.2. The summed E-state index contributed by atoms with van der Waals surface area (Å²) in [7, 11) is 0. The maximum atomic E-state index is 13.0. The van der Waals surface area contributed by atoms with Crippen molar-refractivity contribution >= 4 is 17.7 Å². The van der Waals surface area contributed by atoms with Gasteiger partial charge in [-0.05, 0) is 53.6 Å². The van der Waals surface area contributed by atoms with Crippen LogP contribution >= 0.6 is 0 Å². The smallest absolute Gasteiger partial charge is 0.264 e. The number of para-hydroxylation sites is 1. The lowest BCUT2D eigenvalue weighted by Crippen LogP contribution is -2.49. The highest BCUT2D eigenvalue weighted by atomic mass is 19.1. The van der Waals surface area contributed by atoms with Crippen LogP contribution in [0.15, 0.2) is 84.4 Å². The summed E-state index contributed by atoms with van der Waals surface area (Å²) in [6, 6.07) is 25.5. The van der Waals surface area contributed by atoms with Crippen molar-refractivity contribution < 1.29 is 13.9 Å². The second-order valence-electron chi connectivity index (χ2n) is 7.77. The zero-order chi connectivity index (χ0) is 23.0. The SMILES string of the molecule is N#C/C(=C/c1ccc(OCc2ccc(F)cc2)cc1)C(=O)N1CCN(c2ccccc2)CC1. The highest BCUT2D eigenvalue weighted by molar-refractivity contribution is 6.01. The first-order valence-electron chi connectivity index (χ1n) is 10.8. The normalized spacial score (nSPS) is 14.0. The van der Waals surface area contributed by atoms with Crippen molar-refractivity contribution in [2.75, 3.05) is 31.1 Å². The first-order valence-corrected chi connectivity index (χ1v) is 10.8. The van der Waals surface area contributed by atoms with Gasteiger partial charge in [0, 0.05) is 31.9 Å². The monoisotopic (exact) mass is 441 g/mol. The molecular formula is C27H24FN3O2. The summed E-state index contributed by atoms with van der Waals surface area (Å²) in [5, 5.41) is 9.58. The average Bonchev–Trinajstić information content (AvgIpc) is 2.88. The van der Waals surface area contributed by atoms with E-state index in [0.717, 1.165) is 29.9 Å². The Labute approximate surface area is 192 Å². The third-order valence-corrected chi connectivity index (χ3v) is 5.55. The molecule has 0 bridgehead atoms. The van der Waals surface area contributed by atoms with Crippen molar-refractivity contribution in [2.45, 2.75) is 6.61 Å². The summed E-state index contributed by atoms with van der Waals surface area (Å²) in [4.78, 5) is 16.9. The summed E-state index contributed by atoms with van der Waals surface area (Å²) in [6.45, 7) is 2.93. The number of piperazine rings is 1. The molecule has 1 aliphatic rings. The van der Waals surface area contributed by atoms with E-state index in [1.54, 1.807) is 47.4 Å². The quantitative estimate of drug-likeness (QED) is 0.412. The molecule has 0 aromatic heterocycles. The van der Waals surface area contributed by atoms with Crippen LogP contribution in [0.2, 0.25) is 0 Å². The van der Waals surface area contributed by atoms with Crippen molar-refractivity contribution in [1.82, 2.24) is 4.90 Å². The molecular weight excluding hydrogens is 417 g/mol. The van der Waals surface area contributed by atoms with Gasteiger partial charge in [-0.1, -0.05) is 42.5 Å². The third kappa shape index (κ3) is 5.78. The maximum absolute atomic E-state index is 13.0. The minimum atomic E-state index is -0.282. The van der Waals surface area contributed by atoms with Gasteiger partial charge in [0.2, 0.25) is 0 Å². The number of nitrogens with zero attached hydrogens (tertiary/aromatic N) is 3. The van der Waals surface area contributed by atoms with Crippen molar-refractivity contribution in [1.29, 1.82) is 5.26 Å². The summed E-state index contributed by atoms with van der Waals surface area (Å²) < 4.78 is 18.7. The van der Waals surface area contributed by atoms with Crippen molar-refractivity contribution in [3.05, 3.63) is 101 Å². The molecule has 0 spiro atoms. The Bertz CT molecular complexity index is 1140. The number of nitriles is 1. The van der Waals surface area contributed by atoms with Gasteiger partial charge in [0.15, 0.2) is 0 Å².